The van der Waals surface area contributed by atoms with Gasteiger partial charge in [-0.2, -0.15) is 0 Å². The van der Waals surface area contributed by atoms with Crippen LogP contribution in [0.2, 0.25) is 0 Å². The van der Waals surface area contributed by atoms with Crippen LogP contribution < -0.4 is 0 Å². The van der Waals surface area contributed by atoms with Crippen molar-refractivity contribution in [1.29, 1.82) is 0 Å². The van der Waals surface area contributed by atoms with E-state index in [1.807, 2.05) is 12.2 Å². The standard InChI is InChI=1S/C60H92O6/c1-4-7-10-13-16-19-22-25-28-31-34-37-40-43-46-49-52-58(61)64-55-57(66-60(63)54-51-48-45-42-39-36-33-30-27-24-21-18-15-12-9-6-3)56-65-59(62)53-50-47-44-41-38-35-32-29-26-23-20-17-14-11-8-5-2/h7-12,16-21,25-30,34,36-37,39,43,46,57H,4-6,13-15,22-24,31-33,35,38,40-42,44-45,47-56H2,1-3H3/b10-7-,11-8-,12-9-,19-16-,20-17-,21-18-,28-25-,29-26-,30-27-,37-34-,39-36-,46-43-. The molecule has 368 valence electrons. The number of esters is 3. The van der Waals surface area contributed by atoms with Crippen LogP contribution in [0.1, 0.15) is 194 Å². The summed E-state index contributed by atoms with van der Waals surface area (Å²) in [5, 5.41) is 0. The fourth-order valence-electron chi connectivity index (χ4n) is 6.32. The molecule has 0 saturated heterocycles. The molecule has 0 N–H and O–H groups in total. The highest BCUT2D eigenvalue weighted by Crippen LogP contribution is 2.12. The number of unbranched alkanes of at least 4 members (excludes halogenated alkanes) is 9. The van der Waals surface area contributed by atoms with Crippen molar-refractivity contribution in [2.45, 2.75) is 200 Å². The van der Waals surface area contributed by atoms with Gasteiger partial charge < -0.3 is 14.2 Å². The lowest BCUT2D eigenvalue weighted by Crippen LogP contribution is -2.30. The summed E-state index contributed by atoms with van der Waals surface area (Å²) in [5.74, 6) is -1.07. The number of allylic oxidation sites excluding steroid dienone is 24. The van der Waals surface area contributed by atoms with E-state index < -0.39 is 6.10 Å². The number of hydrogen-bond acceptors (Lipinski definition) is 6. The van der Waals surface area contributed by atoms with E-state index in [2.05, 4.69) is 154 Å². The van der Waals surface area contributed by atoms with Crippen molar-refractivity contribution in [3.05, 3.63) is 146 Å². The number of carbonyl (C=O) groups excluding carboxylic acids is 3. The van der Waals surface area contributed by atoms with E-state index in [0.717, 1.165) is 128 Å². The first kappa shape index (κ1) is 61.3. The predicted molar refractivity (Wildman–Crippen MR) is 283 cm³/mol. The number of ether oxygens (including phenoxy) is 3. The van der Waals surface area contributed by atoms with E-state index in [0.29, 0.717) is 19.3 Å². The van der Waals surface area contributed by atoms with Crippen molar-refractivity contribution in [3.8, 4) is 0 Å². The Balaban J connectivity index is 4.61. The van der Waals surface area contributed by atoms with Crippen molar-refractivity contribution in [1.82, 2.24) is 0 Å². The molecule has 0 bridgehead atoms. The lowest BCUT2D eigenvalue weighted by Gasteiger charge is -2.18. The Morgan fingerprint density at radius 3 is 0.955 bits per heavy atom. The molecule has 0 fully saturated rings. The fraction of sp³-hybridized carbons (Fsp3) is 0.550. The molecule has 0 saturated carbocycles. The molecule has 0 aromatic heterocycles. The number of rotatable bonds is 44. The predicted octanol–water partition coefficient (Wildman–Crippen LogP) is 17.3. The minimum atomic E-state index is -0.837. The third-order valence-electron chi connectivity index (χ3n) is 10.1. The summed E-state index contributed by atoms with van der Waals surface area (Å²) in [5.41, 5.74) is 0. The maximum Gasteiger partial charge on any atom is 0.306 e. The fourth-order valence-corrected chi connectivity index (χ4v) is 6.32. The number of hydrogen-bond donors (Lipinski definition) is 0. The Bertz CT molecular complexity index is 1510. The van der Waals surface area contributed by atoms with Crippen molar-refractivity contribution in [2.24, 2.45) is 0 Å². The maximum absolute atomic E-state index is 12.8. The van der Waals surface area contributed by atoms with Gasteiger partial charge in [0.05, 0.1) is 0 Å². The molecule has 0 amide bonds. The first-order valence-electron chi connectivity index (χ1n) is 25.8. The van der Waals surface area contributed by atoms with Gasteiger partial charge in [0, 0.05) is 19.3 Å². The van der Waals surface area contributed by atoms with Gasteiger partial charge in [-0.05, 0) is 122 Å². The molecule has 1 atom stereocenters. The van der Waals surface area contributed by atoms with Crippen LogP contribution in [0, 0.1) is 0 Å². The van der Waals surface area contributed by atoms with Crippen LogP contribution in [0.5, 0.6) is 0 Å². The average Bonchev–Trinajstić information content (AvgIpc) is 3.31. The monoisotopic (exact) mass is 909 g/mol. The summed E-state index contributed by atoms with van der Waals surface area (Å²) in [6.07, 6.45) is 75.5. The summed E-state index contributed by atoms with van der Waals surface area (Å²) in [6, 6.07) is 0. The molecule has 0 spiro atoms. The minimum Gasteiger partial charge on any atom is -0.462 e. The SMILES string of the molecule is CC/C=C\C/C=C\C/C=C\C/C=C\C/C=C\CCC(=O)OCC(COC(=O)CCCCCCCC/C=C\C/C=C\C/C=C\CC)OC(=O)CCCCC/C=C\C/C=C\C/C=C\C/C=C\CC. The van der Waals surface area contributed by atoms with Crippen molar-refractivity contribution < 1.29 is 28.6 Å². The Morgan fingerprint density at radius 2 is 0.576 bits per heavy atom. The van der Waals surface area contributed by atoms with Gasteiger partial charge in [-0.25, -0.2) is 0 Å². The minimum absolute atomic E-state index is 0.127. The zero-order valence-electron chi connectivity index (χ0n) is 41.9. The zero-order valence-corrected chi connectivity index (χ0v) is 41.9. The van der Waals surface area contributed by atoms with Gasteiger partial charge in [-0.1, -0.05) is 199 Å². The molecule has 0 aromatic rings. The van der Waals surface area contributed by atoms with E-state index in [9.17, 15) is 14.4 Å². The van der Waals surface area contributed by atoms with Gasteiger partial charge in [-0.15, -0.1) is 0 Å². The normalized spacial score (nSPS) is 13.3. The third-order valence-corrected chi connectivity index (χ3v) is 10.1. The summed E-state index contributed by atoms with van der Waals surface area (Å²) in [7, 11) is 0. The van der Waals surface area contributed by atoms with E-state index in [-0.39, 0.29) is 44.0 Å². The average molecular weight is 909 g/mol. The summed E-state index contributed by atoms with van der Waals surface area (Å²) >= 11 is 0. The van der Waals surface area contributed by atoms with Gasteiger partial charge in [0.1, 0.15) is 13.2 Å². The van der Waals surface area contributed by atoms with Crippen LogP contribution in [-0.4, -0.2) is 37.2 Å². The van der Waals surface area contributed by atoms with Gasteiger partial charge in [-0.3, -0.25) is 14.4 Å². The molecule has 66 heavy (non-hydrogen) atoms. The highest BCUT2D eigenvalue weighted by Gasteiger charge is 2.19. The van der Waals surface area contributed by atoms with Gasteiger partial charge >= 0.3 is 17.9 Å². The molecule has 6 heteroatoms. The van der Waals surface area contributed by atoms with E-state index >= 15 is 0 Å². The Kier molecular flexibility index (Phi) is 49.1. The zero-order chi connectivity index (χ0) is 47.9. The Labute approximate surface area is 404 Å². The topological polar surface area (TPSA) is 78.9 Å². The van der Waals surface area contributed by atoms with Crippen LogP contribution in [0.4, 0.5) is 0 Å². The van der Waals surface area contributed by atoms with E-state index in [1.54, 1.807) is 0 Å². The van der Waals surface area contributed by atoms with Crippen molar-refractivity contribution >= 4 is 17.9 Å². The van der Waals surface area contributed by atoms with Crippen LogP contribution >= 0.6 is 0 Å². The molecule has 0 aromatic carbocycles. The Hall–Kier alpha value is -4.71. The van der Waals surface area contributed by atoms with Crippen LogP contribution in [0.15, 0.2) is 146 Å². The molecular formula is C60H92O6. The Morgan fingerprint density at radius 1 is 0.303 bits per heavy atom. The highest BCUT2D eigenvalue weighted by molar-refractivity contribution is 5.71. The first-order chi connectivity index (χ1) is 32.5. The smallest absolute Gasteiger partial charge is 0.306 e. The summed E-state index contributed by atoms with van der Waals surface area (Å²) in [6.45, 7) is 6.17. The van der Waals surface area contributed by atoms with Gasteiger partial charge in [0.2, 0.25) is 0 Å². The lowest BCUT2D eigenvalue weighted by molar-refractivity contribution is -0.166. The molecule has 0 aliphatic rings. The molecular weight excluding hydrogens is 817 g/mol. The van der Waals surface area contributed by atoms with Crippen molar-refractivity contribution in [2.75, 3.05) is 13.2 Å². The first-order valence-corrected chi connectivity index (χ1v) is 25.8. The third kappa shape index (κ3) is 50.3. The van der Waals surface area contributed by atoms with Crippen LogP contribution in [0.3, 0.4) is 0 Å². The molecule has 6 nitrogen and oxygen atoms in total. The van der Waals surface area contributed by atoms with Crippen LogP contribution in [-0.2, 0) is 28.6 Å². The quantitative estimate of drug-likeness (QED) is 0.0262. The van der Waals surface area contributed by atoms with Gasteiger partial charge in [0.15, 0.2) is 6.10 Å². The molecule has 0 rings (SSSR count). The van der Waals surface area contributed by atoms with Gasteiger partial charge in [0.25, 0.3) is 0 Å². The number of carbonyl (C=O) groups is 3. The second kappa shape index (κ2) is 52.9. The highest BCUT2D eigenvalue weighted by atomic mass is 16.6. The second-order valence-electron chi connectivity index (χ2n) is 16.3. The second-order valence-corrected chi connectivity index (χ2v) is 16.3. The molecule has 0 aliphatic heterocycles. The van der Waals surface area contributed by atoms with Crippen LogP contribution in [0.25, 0.3) is 0 Å². The van der Waals surface area contributed by atoms with E-state index in [4.69, 9.17) is 14.2 Å². The molecule has 0 radical (unpaired) electrons. The summed E-state index contributed by atoms with van der Waals surface area (Å²) < 4.78 is 16.7. The molecule has 0 aliphatic carbocycles. The van der Waals surface area contributed by atoms with E-state index in [1.165, 1.54) is 12.8 Å². The maximum atomic E-state index is 12.8. The van der Waals surface area contributed by atoms with Crippen molar-refractivity contribution in [3.63, 3.8) is 0 Å². The lowest BCUT2D eigenvalue weighted by atomic mass is 10.1. The molecule has 0 heterocycles. The molecule has 1 unspecified atom stereocenters. The summed E-state index contributed by atoms with van der Waals surface area (Å²) in [4.78, 5) is 38.0. The largest absolute Gasteiger partial charge is 0.462 e.